The van der Waals surface area contributed by atoms with Crippen molar-refractivity contribution < 1.29 is 9.53 Å². The summed E-state index contributed by atoms with van der Waals surface area (Å²) in [6, 6.07) is 18.0. The molecule has 0 unspecified atom stereocenters. The van der Waals surface area contributed by atoms with E-state index in [1.165, 1.54) is 5.52 Å². The molecule has 1 heterocycles. The van der Waals surface area contributed by atoms with E-state index in [1.807, 2.05) is 42.5 Å². The van der Waals surface area contributed by atoms with E-state index in [0.29, 0.717) is 6.61 Å². The molecule has 0 spiro atoms. The van der Waals surface area contributed by atoms with Gasteiger partial charge in [0.2, 0.25) is 5.91 Å². The number of nitrogens with one attached hydrogen (secondary N) is 1. The van der Waals surface area contributed by atoms with Gasteiger partial charge in [-0.15, -0.1) is 0 Å². The number of benzene rings is 2. The van der Waals surface area contributed by atoms with Crippen LogP contribution in [0.2, 0.25) is 0 Å². The first kappa shape index (κ1) is 20.1. The predicted octanol–water partition coefficient (Wildman–Crippen LogP) is 4.14. The number of carbonyl (C=O) groups excluding carboxylic acids is 1. The first-order chi connectivity index (χ1) is 13.7. The average Bonchev–Trinajstić information content (AvgIpc) is 3.12. The SMILES string of the molecule is CCN(CC)CCn1ccc2cc(NC(=O)COCc3ccccc3)ccc21. The van der Waals surface area contributed by atoms with Crippen LogP contribution in [-0.4, -0.2) is 41.6 Å². The first-order valence-electron chi connectivity index (χ1n) is 9.92. The van der Waals surface area contributed by atoms with Crippen LogP contribution in [-0.2, 0) is 22.7 Å². The van der Waals surface area contributed by atoms with E-state index in [4.69, 9.17) is 4.74 Å². The maximum absolute atomic E-state index is 12.1. The smallest absolute Gasteiger partial charge is 0.250 e. The number of fused-ring (bicyclic) bond motifs is 1. The molecule has 1 aromatic heterocycles. The van der Waals surface area contributed by atoms with Crippen molar-refractivity contribution in [3.05, 3.63) is 66.4 Å². The third kappa shape index (κ3) is 5.44. The van der Waals surface area contributed by atoms with E-state index >= 15 is 0 Å². The Labute approximate surface area is 166 Å². The summed E-state index contributed by atoms with van der Waals surface area (Å²) in [5.41, 5.74) is 3.04. The molecule has 148 valence electrons. The van der Waals surface area contributed by atoms with E-state index in [2.05, 4.69) is 47.0 Å². The second-order valence-electron chi connectivity index (χ2n) is 6.84. The topological polar surface area (TPSA) is 46.5 Å². The maximum Gasteiger partial charge on any atom is 0.250 e. The Bertz CT molecular complexity index is 885. The minimum atomic E-state index is -0.142. The molecular weight excluding hydrogens is 350 g/mol. The molecule has 0 atom stereocenters. The molecule has 1 N–H and O–H groups in total. The molecule has 28 heavy (non-hydrogen) atoms. The van der Waals surface area contributed by atoms with Crippen LogP contribution in [0.25, 0.3) is 10.9 Å². The molecule has 2 aromatic carbocycles. The van der Waals surface area contributed by atoms with Crippen LogP contribution in [0.15, 0.2) is 60.8 Å². The average molecular weight is 380 g/mol. The number of aromatic nitrogens is 1. The summed E-state index contributed by atoms with van der Waals surface area (Å²) >= 11 is 0. The second-order valence-corrected chi connectivity index (χ2v) is 6.84. The fraction of sp³-hybridized carbons (Fsp3) is 0.348. The molecule has 0 bridgehead atoms. The number of ether oxygens (including phenoxy) is 1. The van der Waals surface area contributed by atoms with E-state index in [-0.39, 0.29) is 12.5 Å². The zero-order chi connectivity index (χ0) is 19.8. The van der Waals surface area contributed by atoms with Gasteiger partial charge < -0.3 is 19.5 Å². The van der Waals surface area contributed by atoms with Crippen molar-refractivity contribution in [2.75, 3.05) is 31.6 Å². The predicted molar refractivity (Wildman–Crippen MR) is 114 cm³/mol. The molecule has 0 saturated heterocycles. The summed E-state index contributed by atoms with van der Waals surface area (Å²) in [5.74, 6) is -0.142. The minimum Gasteiger partial charge on any atom is -0.367 e. The largest absolute Gasteiger partial charge is 0.367 e. The van der Waals surface area contributed by atoms with Crippen LogP contribution in [0, 0.1) is 0 Å². The van der Waals surface area contributed by atoms with Gasteiger partial charge in [0, 0.05) is 35.9 Å². The van der Waals surface area contributed by atoms with E-state index in [0.717, 1.165) is 42.8 Å². The molecule has 0 saturated carbocycles. The Hall–Kier alpha value is -2.63. The lowest BCUT2D eigenvalue weighted by atomic mass is 10.2. The van der Waals surface area contributed by atoms with Gasteiger partial charge in [0.25, 0.3) is 0 Å². The van der Waals surface area contributed by atoms with Crippen molar-refractivity contribution in [3.63, 3.8) is 0 Å². The van der Waals surface area contributed by atoms with Crippen LogP contribution in [0.4, 0.5) is 5.69 Å². The molecular formula is C23H29N3O2. The fourth-order valence-corrected chi connectivity index (χ4v) is 3.29. The van der Waals surface area contributed by atoms with Crippen molar-refractivity contribution in [3.8, 4) is 0 Å². The van der Waals surface area contributed by atoms with Gasteiger partial charge >= 0.3 is 0 Å². The second kappa shape index (κ2) is 10.1. The molecule has 3 rings (SSSR count). The highest BCUT2D eigenvalue weighted by atomic mass is 16.5. The molecule has 0 fully saturated rings. The van der Waals surface area contributed by atoms with Gasteiger partial charge in [-0.3, -0.25) is 4.79 Å². The number of hydrogen-bond acceptors (Lipinski definition) is 3. The van der Waals surface area contributed by atoms with Crippen LogP contribution in [0.5, 0.6) is 0 Å². The molecule has 1 amide bonds. The highest BCUT2D eigenvalue weighted by Crippen LogP contribution is 2.20. The number of amides is 1. The van der Waals surface area contributed by atoms with Crippen LogP contribution in [0.3, 0.4) is 0 Å². The lowest BCUT2D eigenvalue weighted by Crippen LogP contribution is -2.26. The zero-order valence-electron chi connectivity index (χ0n) is 16.7. The van der Waals surface area contributed by atoms with Crippen molar-refractivity contribution in [1.82, 2.24) is 9.47 Å². The fourth-order valence-electron chi connectivity index (χ4n) is 3.29. The van der Waals surface area contributed by atoms with Gasteiger partial charge in [-0.1, -0.05) is 44.2 Å². The van der Waals surface area contributed by atoms with Gasteiger partial charge in [-0.2, -0.15) is 0 Å². The third-order valence-electron chi connectivity index (χ3n) is 4.95. The van der Waals surface area contributed by atoms with E-state index in [1.54, 1.807) is 0 Å². The summed E-state index contributed by atoms with van der Waals surface area (Å²) in [6.45, 7) is 8.99. The van der Waals surface area contributed by atoms with Gasteiger partial charge in [0.1, 0.15) is 6.61 Å². The molecule has 5 nitrogen and oxygen atoms in total. The van der Waals surface area contributed by atoms with Crippen LogP contribution < -0.4 is 5.32 Å². The molecule has 0 aliphatic rings. The maximum atomic E-state index is 12.1. The van der Waals surface area contributed by atoms with Crippen LogP contribution >= 0.6 is 0 Å². The van der Waals surface area contributed by atoms with Gasteiger partial charge in [-0.25, -0.2) is 0 Å². The number of nitrogens with zero attached hydrogens (tertiary/aromatic N) is 2. The Morgan fingerprint density at radius 1 is 1.07 bits per heavy atom. The molecule has 5 heteroatoms. The van der Waals surface area contributed by atoms with Crippen LogP contribution in [0.1, 0.15) is 19.4 Å². The Morgan fingerprint density at radius 2 is 1.86 bits per heavy atom. The summed E-state index contributed by atoms with van der Waals surface area (Å²) < 4.78 is 7.77. The summed E-state index contributed by atoms with van der Waals surface area (Å²) in [4.78, 5) is 14.6. The number of carbonyl (C=O) groups is 1. The van der Waals surface area contributed by atoms with Crippen molar-refractivity contribution in [2.45, 2.75) is 27.0 Å². The van der Waals surface area contributed by atoms with Crippen molar-refractivity contribution >= 4 is 22.5 Å². The Kier molecular flexibility index (Phi) is 7.23. The van der Waals surface area contributed by atoms with Gasteiger partial charge in [-0.05, 0) is 42.9 Å². The number of anilines is 1. The summed E-state index contributed by atoms with van der Waals surface area (Å²) in [7, 11) is 0. The normalized spacial score (nSPS) is 11.2. The standard InChI is InChI=1S/C23H29N3O2/c1-3-25(4-2)14-15-26-13-12-20-16-21(10-11-22(20)26)24-23(27)18-28-17-19-8-6-5-7-9-19/h5-13,16H,3-4,14-15,17-18H2,1-2H3,(H,24,27). The van der Waals surface area contributed by atoms with E-state index in [9.17, 15) is 4.79 Å². The quantitative estimate of drug-likeness (QED) is 0.576. The van der Waals surface area contributed by atoms with Crippen molar-refractivity contribution in [2.24, 2.45) is 0 Å². The molecule has 0 aliphatic heterocycles. The lowest BCUT2D eigenvalue weighted by molar-refractivity contribution is -0.121. The third-order valence-corrected chi connectivity index (χ3v) is 4.95. The molecule has 3 aromatic rings. The molecule has 0 aliphatic carbocycles. The number of hydrogen-bond donors (Lipinski definition) is 1. The Balaban J connectivity index is 1.53. The zero-order valence-corrected chi connectivity index (χ0v) is 16.7. The first-order valence-corrected chi connectivity index (χ1v) is 9.92. The summed E-state index contributed by atoms with van der Waals surface area (Å²) in [6.07, 6.45) is 2.11. The summed E-state index contributed by atoms with van der Waals surface area (Å²) in [5, 5.41) is 4.04. The highest BCUT2D eigenvalue weighted by molar-refractivity contribution is 5.94. The van der Waals surface area contributed by atoms with Gasteiger partial charge in [0.05, 0.1) is 6.61 Å². The Morgan fingerprint density at radius 3 is 2.61 bits per heavy atom. The van der Waals surface area contributed by atoms with E-state index < -0.39 is 0 Å². The highest BCUT2D eigenvalue weighted by Gasteiger charge is 2.07. The molecule has 0 radical (unpaired) electrons. The number of rotatable bonds is 10. The number of likely N-dealkylation sites (N-methyl/N-ethyl adjacent to an activating group) is 1. The van der Waals surface area contributed by atoms with Gasteiger partial charge in [0.15, 0.2) is 0 Å². The lowest BCUT2D eigenvalue weighted by Gasteiger charge is -2.18. The monoisotopic (exact) mass is 379 g/mol. The minimum absolute atomic E-state index is 0.0395. The van der Waals surface area contributed by atoms with Crippen molar-refractivity contribution in [1.29, 1.82) is 0 Å².